The van der Waals surface area contributed by atoms with E-state index in [-0.39, 0.29) is 11.3 Å². The number of hydrogen-bond donors (Lipinski definition) is 2. The summed E-state index contributed by atoms with van der Waals surface area (Å²) < 4.78 is 10.8. The topological polar surface area (TPSA) is 90.7 Å². The number of primary amides is 1. The van der Waals surface area contributed by atoms with Gasteiger partial charge in [0.1, 0.15) is 11.5 Å². The Labute approximate surface area is 150 Å². The van der Waals surface area contributed by atoms with Crippen molar-refractivity contribution >= 4 is 29.1 Å². The summed E-state index contributed by atoms with van der Waals surface area (Å²) in [6.45, 7) is 3.39. The molecule has 0 radical (unpaired) electrons. The van der Waals surface area contributed by atoms with E-state index in [1.54, 1.807) is 37.3 Å². The van der Waals surface area contributed by atoms with Crippen molar-refractivity contribution in [2.45, 2.75) is 20.0 Å². The van der Waals surface area contributed by atoms with Crippen LogP contribution in [0.1, 0.15) is 22.8 Å². The minimum Gasteiger partial charge on any atom is -0.495 e. The number of anilines is 1. The van der Waals surface area contributed by atoms with Crippen LogP contribution in [0.25, 0.3) is 0 Å². The number of nitrogens with two attached hydrogens (primary N) is 1. The number of nitrogens with one attached hydrogen (secondary N) is 1. The third-order valence-corrected chi connectivity index (χ3v) is 3.97. The smallest absolute Gasteiger partial charge is 0.265 e. The lowest BCUT2D eigenvalue weighted by molar-refractivity contribution is -0.122. The van der Waals surface area contributed by atoms with Crippen molar-refractivity contribution < 1.29 is 19.1 Å². The predicted molar refractivity (Wildman–Crippen MR) is 96.4 cm³/mol. The van der Waals surface area contributed by atoms with Gasteiger partial charge in [0.25, 0.3) is 11.8 Å². The van der Waals surface area contributed by atoms with Gasteiger partial charge in [-0.15, -0.1) is 0 Å². The van der Waals surface area contributed by atoms with Crippen LogP contribution in [-0.4, -0.2) is 25.0 Å². The van der Waals surface area contributed by atoms with Crippen LogP contribution in [0.15, 0.2) is 36.4 Å². The lowest BCUT2D eigenvalue weighted by Crippen LogP contribution is -2.31. The first-order valence-electron chi connectivity index (χ1n) is 7.54. The summed E-state index contributed by atoms with van der Waals surface area (Å²) in [4.78, 5) is 23.9. The lowest BCUT2D eigenvalue weighted by Gasteiger charge is -2.18. The molecule has 0 spiro atoms. The maximum atomic E-state index is 12.4. The predicted octanol–water partition coefficient (Wildman–Crippen LogP) is 3.16. The average molecular weight is 363 g/mol. The molecule has 1 atom stereocenters. The fourth-order valence-corrected chi connectivity index (χ4v) is 2.33. The molecule has 0 aromatic heterocycles. The highest BCUT2D eigenvalue weighted by Gasteiger charge is 2.19. The van der Waals surface area contributed by atoms with E-state index in [1.807, 2.05) is 6.92 Å². The van der Waals surface area contributed by atoms with Gasteiger partial charge in [0.2, 0.25) is 0 Å². The molecule has 0 saturated carbocycles. The van der Waals surface area contributed by atoms with Gasteiger partial charge in [-0.3, -0.25) is 9.59 Å². The third-order valence-electron chi connectivity index (χ3n) is 3.56. The Hall–Kier alpha value is -2.73. The maximum absolute atomic E-state index is 12.4. The van der Waals surface area contributed by atoms with E-state index in [2.05, 4.69) is 5.32 Å². The second-order valence-electron chi connectivity index (χ2n) is 5.41. The SMILES string of the molecule is COc1cc(Cl)c(C)cc1NC(=O)C(C)Oc1ccccc1C(N)=O. The number of carbonyl (C=O) groups excluding carboxylic acids is 2. The normalized spacial score (nSPS) is 11.5. The van der Waals surface area contributed by atoms with Crippen molar-refractivity contribution in [1.82, 2.24) is 0 Å². The first kappa shape index (κ1) is 18.6. The Morgan fingerprint density at radius 1 is 1.20 bits per heavy atom. The standard InChI is InChI=1S/C18H19ClN2O4/c1-10-8-14(16(24-3)9-13(10)19)21-18(23)11(2)25-15-7-5-4-6-12(15)17(20)22/h4-9,11H,1-3H3,(H2,20,22)(H,21,23). The highest BCUT2D eigenvalue weighted by Crippen LogP contribution is 2.31. The van der Waals surface area contributed by atoms with Crippen molar-refractivity contribution in [3.05, 3.63) is 52.5 Å². The van der Waals surface area contributed by atoms with Gasteiger partial charge >= 0.3 is 0 Å². The van der Waals surface area contributed by atoms with Crippen molar-refractivity contribution in [2.75, 3.05) is 12.4 Å². The van der Waals surface area contributed by atoms with Gasteiger partial charge in [0, 0.05) is 11.1 Å². The Morgan fingerprint density at radius 2 is 1.88 bits per heavy atom. The van der Waals surface area contributed by atoms with Gasteiger partial charge in [0.05, 0.1) is 18.4 Å². The van der Waals surface area contributed by atoms with Crippen LogP contribution in [-0.2, 0) is 4.79 Å². The van der Waals surface area contributed by atoms with Crippen molar-refractivity contribution in [2.24, 2.45) is 5.73 Å². The molecule has 0 saturated heterocycles. The highest BCUT2D eigenvalue weighted by atomic mass is 35.5. The fraction of sp³-hybridized carbons (Fsp3) is 0.222. The molecule has 2 aromatic rings. The number of para-hydroxylation sites is 1. The molecule has 2 amide bonds. The number of hydrogen-bond acceptors (Lipinski definition) is 4. The summed E-state index contributed by atoms with van der Waals surface area (Å²) in [5, 5.41) is 3.27. The molecule has 132 valence electrons. The van der Waals surface area contributed by atoms with Crippen molar-refractivity contribution in [3.63, 3.8) is 0 Å². The zero-order valence-electron chi connectivity index (χ0n) is 14.1. The summed E-state index contributed by atoms with van der Waals surface area (Å²) in [5.74, 6) is -0.344. The Kier molecular flexibility index (Phi) is 5.88. The van der Waals surface area contributed by atoms with Crippen LogP contribution < -0.4 is 20.5 Å². The molecule has 6 nitrogen and oxygen atoms in total. The average Bonchev–Trinajstić information content (AvgIpc) is 2.58. The molecule has 7 heteroatoms. The first-order valence-corrected chi connectivity index (χ1v) is 7.91. The van der Waals surface area contributed by atoms with E-state index in [4.69, 9.17) is 26.8 Å². The van der Waals surface area contributed by atoms with Gasteiger partial charge in [-0.25, -0.2) is 0 Å². The maximum Gasteiger partial charge on any atom is 0.265 e. The molecule has 0 aliphatic carbocycles. The number of rotatable bonds is 6. The zero-order valence-corrected chi connectivity index (χ0v) is 14.9. The number of halogens is 1. The van der Waals surface area contributed by atoms with Gasteiger partial charge in [0.15, 0.2) is 6.10 Å². The van der Waals surface area contributed by atoms with Gasteiger partial charge in [-0.05, 0) is 37.6 Å². The Balaban J connectivity index is 2.17. The fourth-order valence-electron chi connectivity index (χ4n) is 2.18. The Morgan fingerprint density at radius 3 is 2.52 bits per heavy atom. The van der Waals surface area contributed by atoms with Crippen LogP contribution >= 0.6 is 11.6 Å². The van der Waals surface area contributed by atoms with Gasteiger partial charge in [-0.1, -0.05) is 23.7 Å². The number of ether oxygens (including phenoxy) is 2. The first-order chi connectivity index (χ1) is 11.8. The second kappa shape index (κ2) is 7.90. The summed E-state index contributed by atoms with van der Waals surface area (Å²) in [6, 6.07) is 9.81. The second-order valence-corrected chi connectivity index (χ2v) is 5.82. The van der Waals surface area contributed by atoms with Crippen molar-refractivity contribution in [3.8, 4) is 11.5 Å². The monoisotopic (exact) mass is 362 g/mol. The molecular formula is C18H19ClN2O4. The van der Waals surface area contributed by atoms with E-state index in [0.29, 0.717) is 16.5 Å². The van der Waals surface area contributed by atoms with Crippen LogP contribution in [0.4, 0.5) is 5.69 Å². The largest absolute Gasteiger partial charge is 0.495 e. The van der Waals surface area contributed by atoms with E-state index < -0.39 is 17.9 Å². The molecule has 0 bridgehead atoms. The van der Waals surface area contributed by atoms with Crippen LogP contribution in [0.3, 0.4) is 0 Å². The van der Waals surface area contributed by atoms with Crippen molar-refractivity contribution in [1.29, 1.82) is 0 Å². The molecule has 2 aromatic carbocycles. The summed E-state index contributed by atoms with van der Waals surface area (Å²) in [5.41, 5.74) is 6.80. The zero-order chi connectivity index (χ0) is 18.6. The van der Waals surface area contributed by atoms with Gasteiger partial charge in [-0.2, -0.15) is 0 Å². The number of benzene rings is 2. The summed E-state index contributed by atoms with van der Waals surface area (Å²) in [7, 11) is 1.49. The number of carbonyl (C=O) groups is 2. The molecule has 25 heavy (non-hydrogen) atoms. The third kappa shape index (κ3) is 4.42. The number of aryl methyl sites for hydroxylation is 1. The molecule has 2 rings (SSSR count). The molecule has 0 heterocycles. The van der Waals surface area contributed by atoms with E-state index >= 15 is 0 Å². The highest BCUT2D eigenvalue weighted by molar-refractivity contribution is 6.31. The van der Waals surface area contributed by atoms with E-state index in [1.165, 1.54) is 13.2 Å². The molecule has 3 N–H and O–H groups in total. The van der Waals surface area contributed by atoms with Gasteiger partial charge < -0.3 is 20.5 Å². The molecule has 1 unspecified atom stereocenters. The number of methoxy groups -OCH3 is 1. The van der Waals surface area contributed by atoms with Crippen LogP contribution in [0.5, 0.6) is 11.5 Å². The van der Waals surface area contributed by atoms with Crippen LogP contribution in [0, 0.1) is 6.92 Å². The minimum absolute atomic E-state index is 0.210. The van der Waals surface area contributed by atoms with E-state index in [0.717, 1.165) is 5.56 Å². The minimum atomic E-state index is -0.860. The quantitative estimate of drug-likeness (QED) is 0.825. The molecular weight excluding hydrogens is 344 g/mol. The van der Waals surface area contributed by atoms with Crippen LogP contribution in [0.2, 0.25) is 5.02 Å². The van der Waals surface area contributed by atoms with E-state index in [9.17, 15) is 9.59 Å². The molecule has 0 aliphatic rings. The summed E-state index contributed by atoms with van der Waals surface area (Å²) >= 11 is 6.06. The molecule has 0 fully saturated rings. The Bertz CT molecular complexity index is 808. The number of amides is 2. The lowest BCUT2D eigenvalue weighted by atomic mass is 10.2. The summed E-state index contributed by atoms with van der Waals surface area (Å²) in [6.07, 6.45) is -0.860. The molecule has 0 aliphatic heterocycles.